The largest absolute Gasteiger partial charge is 0.412 e. The lowest BCUT2D eigenvalue weighted by molar-refractivity contribution is -0.0912. The Kier molecular flexibility index (Phi) is 9.78. The molecule has 1 aliphatic rings. The number of rotatable bonds is 10. The normalized spacial score (nSPS) is 16.4. The second-order valence-electron chi connectivity index (χ2n) is 10.5. The van der Waals surface area contributed by atoms with Crippen LogP contribution in [0.25, 0.3) is 5.57 Å². The molecule has 1 saturated carbocycles. The van der Waals surface area contributed by atoms with E-state index in [0.29, 0.717) is 34.5 Å². The molecule has 0 unspecified atom stereocenters. The van der Waals surface area contributed by atoms with Crippen LogP contribution in [0.1, 0.15) is 57.6 Å². The highest BCUT2D eigenvalue weighted by Gasteiger charge is 2.38. The first kappa shape index (κ1) is 30.9. The van der Waals surface area contributed by atoms with Crippen LogP contribution in [0.3, 0.4) is 0 Å². The number of benzene rings is 2. The summed E-state index contributed by atoms with van der Waals surface area (Å²) in [6, 6.07) is 11.3. The molecule has 0 aliphatic heterocycles. The van der Waals surface area contributed by atoms with Gasteiger partial charge in [0.25, 0.3) is 0 Å². The summed E-state index contributed by atoms with van der Waals surface area (Å²) >= 11 is 0. The maximum absolute atomic E-state index is 14.7. The van der Waals surface area contributed by atoms with Crippen molar-refractivity contribution in [3.63, 3.8) is 0 Å². The van der Waals surface area contributed by atoms with Crippen molar-refractivity contribution in [2.45, 2.75) is 59.1 Å². The maximum atomic E-state index is 14.7. The number of nitrogens with one attached hydrogen (secondary N) is 1. The molecule has 1 aliphatic carbocycles. The van der Waals surface area contributed by atoms with Crippen molar-refractivity contribution >= 4 is 11.3 Å². The van der Waals surface area contributed by atoms with Gasteiger partial charge in [-0.2, -0.15) is 13.2 Å². The topological polar surface area (TPSA) is 12.0 Å². The maximum Gasteiger partial charge on any atom is 0.412 e. The Bertz CT molecular complexity index is 1380. The lowest BCUT2D eigenvalue weighted by Gasteiger charge is -2.34. The minimum atomic E-state index is -4.46. The molecule has 0 radical (unpaired) electrons. The van der Waals surface area contributed by atoms with Gasteiger partial charge >= 0.3 is 6.18 Å². The lowest BCUT2D eigenvalue weighted by Crippen LogP contribution is -2.25. The third kappa shape index (κ3) is 6.90. The van der Waals surface area contributed by atoms with Crippen LogP contribution >= 0.6 is 0 Å². The van der Waals surface area contributed by atoms with Crippen LogP contribution in [-0.4, -0.2) is 6.18 Å². The Balaban J connectivity index is 2.06. The first-order valence-corrected chi connectivity index (χ1v) is 13.2. The van der Waals surface area contributed by atoms with Gasteiger partial charge in [0.2, 0.25) is 0 Å². The third-order valence-electron chi connectivity index (χ3n) is 7.66. The zero-order chi connectivity index (χ0) is 29.7. The van der Waals surface area contributed by atoms with Gasteiger partial charge in [0.1, 0.15) is 0 Å². The van der Waals surface area contributed by atoms with Crippen molar-refractivity contribution in [1.82, 2.24) is 0 Å². The zero-order valence-corrected chi connectivity index (χ0v) is 23.3. The summed E-state index contributed by atoms with van der Waals surface area (Å²) < 4.78 is 68.8. The molecule has 1 N–H and O–H groups in total. The van der Waals surface area contributed by atoms with Gasteiger partial charge in [-0.1, -0.05) is 80.6 Å². The average molecular weight is 554 g/mol. The highest BCUT2D eigenvalue weighted by molar-refractivity contribution is 5.84. The summed E-state index contributed by atoms with van der Waals surface area (Å²) in [5.74, 6) is -1.69. The molecule has 3 rings (SSSR count). The average Bonchev–Trinajstić information content (AvgIpc) is 3.36. The van der Waals surface area contributed by atoms with Gasteiger partial charge < -0.3 is 5.32 Å². The Morgan fingerprint density at radius 3 is 2.23 bits per heavy atom. The number of alkyl halides is 3. The van der Waals surface area contributed by atoms with Crippen molar-refractivity contribution in [3.8, 4) is 0 Å². The van der Waals surface area contributed by atoms with E-state index in [0.717, 1.165) is 61.5 Å². The SMILES string of the molecule is C=C/C=C(\C=C(/C)C(F)(F)F)c1ccccc1NC(=C)/C(C(=C)C)=C(\C)C1(Cc2cccc(F)c2F)CCCC1. The molecule has 1 fully saturated rings. The molecular weight excluding hydrogens is 517 g/mol. The van der Waals surface area contributed by atoms with Crippen molar-refractivity contribution in [1.29, 1.82) is 0 Å². The van der Waals surface area contributed by atoms with Gasteiger partial charge in [-0.25, -0.2) is 8.78 Å². The fourth-order valence-corrected chi connectivity index (χ4v) is 5.58. The summed E-state index contributed by atoms with van der Waals surface area (Å²) in [6.07, 6.45) is 3.48. The van der Waals surface area contributed by atoms with Gasteiger partial charge in [-0.05, 0) is 85.9 Å². The van der Waals surface area contributed by atoms with Crippen molar-refractivity contribution in [2.24, 2.45) is 5.41 Å². The van der Waals surface area contributed by atoms with E-state index in [2.05, 4.69) is 25.1 Å². The minimum Gasteiger partial charge on any atom is -0.355 e. The minimum absolute atomic E-state index is 0.331. The molecule has 0 heterocycles. The van der Waals surface area contributed by atoms with E-state index in [1.807, 2.05) is 13.8 Å². The monoisotopic (exact) mass is 553 g/mol. The first-order valence-electron chi connectivity index (χ1n) is 13.2. The van der Waals surface area contributed by atoms with E-state index < -0.39 is 28.8 Å². The van der Waals surface area contributed by atoms with Crippen LogP contribution in [0.4, 0.5) is 27.6 Å². The quantitative estimate of drug-likeness (QED) is 0.228. The fraction of sp³-hybridized carbons (Fsp3) is 0.294. The Labute approximate surface area is 234 Å². The fourth-order valence-electron chi connectivity index (χ4n) is 5.58. The highest BCUT2D eigenvalue weighted by atomic mass is 19.4. The van der Waals surface area contributed by atoms with Crippen molar-refractivity contribution in [3.05, 3.63) is 131 Å². The van der Waals surface area contributed by atoms with Crippen LogP contribution in [0.5, 0.6) is 0 Å². The summed E-state index contributed by atoms with van der Waals surface area (Å²) in [5.41, 5.74) is 3.66. The molecule has 2 aromatic rings. The molecule has 40 heavy (non-hydrogen) atoms. The molecule has 2 aromatic carbocycles. The number of anilines is 1. The van der Waals surface area contributed by atoms with Crippen molar-refractivity contribution < 1.29 is 22.0 Å². The molecule has 0 spiro atoms. The molecule has 1 nitrogen and oxygen atoms in total. The summed E-state index contributed by atoms with van der Waals surface area (Å²) in [4.78, 5) is 0. The number of halogens is 5. The Hall–Kier alpha value is -3.67. The third-order valence-corrected chi connectivity index (χ3v) is 7.66. The van der Waals surface area contributed by atoms with E-state index in [1.165, 1.54) is 18.2 Å². The summed E-state index contributed by atoms with van der Waals surface area (Å²) in [7, 11) is 0. The second-order valence-corrected chi connectivity index (χ2v) is 10.5. The predicted octanol–water partition coefficient (Wildman–Crippen LogP) is 10.7. The van der Waals surface area contributed by atoms with Gasteiger partial charge in [-0.3, -0.25) is 0 Å². The van der Waals surface area contributed by atoms with Gasteiger partial charge in [0, 0.05) is 22.5 Å². The van der Waals surface area contributed by atoms with Crippen LogP contribution in [0.15, 0.2) is 108 Å². The summed E-state index contributed by atoms with van der Waals surface area (Å²) in [5, 5.41) is 3.32. The van der Waals surface area contributed by atoms with E-state index >= 15 is 0 Å². The van der Waals surface area contributed by atoms with Crippen LogP contribution in [0.2, 0.25) is 0 Å². The van der Waals surface area contributed by atoms with Crippen LogP contribution in [-0.2, 0) is 6.42 Å². The molecule has 0 aromatic heterocycles. The van der Waals surface area contributed by atoms with Gasteiger partial charge in [-0.15, -0.1) is 0 Å². The van der Waals surface area contributed by atoms with Crippen LogP contribution in [0, 0.1) is 17.0 Å². The first-order chi connectivity index (χ1) is 18.8. The van der Waals surface area contributed by atoms with Crippen LogP contribution < -0.4 is 5.32 Å². The zero-order valence-electron chi connectivity index (χ0n) is 23.3. The Morgan fingerprint density at radius 2 is 1.62 bits per heavy atom. The highest BCUT2D eigenvalue weighted by Crippen LogP contribution is 2.49. The molecule has 212 valence electrons. The standard InChI is InChI=1S/C34H36F5N/c1-7-13-26(20-23(4)34(37,38)39)28-15-8-9-17-30(28)40-25(6)31(22(2)3)24(5)33(18-10-11-19-33)21-27-14-12-16-29(35)32(27)36/h7-9,12-17,20,40H,1-2,6,10-11,18-19,21H2,3-5H3/b23-20+,26-13+,31-24+. The number of hydrogen-bond acceptors (Lipinski definition) is 1. The second kappa shape index (κ2) is 12.7. The van der Waals surface area contributed by atoms with Crippen molar-refractivity contribution in [2.75, 3.05) is 5.32 Å². The lowest BCUT2D eigenvalue weighted by atomic mass is 9.71. The van der Waals surface area contributed by atoms with Gasteiger partial charge in [0.05, 0.1) is 0 Å². The van der Waals surface area contributed by atoms with E-state index in [9.17, 15) is 22.0 Å². The van der Waals surface area contributed by atoms with Gasteiger partial charge in [0.15, 0.2) is 11.6 Å². The number of para-hydroxylation sites is 1. The van der Waals surface area contributed by atoms with E-state index in [4.69, 9.17) is 0 Å². The number of allylic oxidation sites excluding steroid dienone is 7. The molecule has 6 heteroatoms. The molecule has 0 amide bonds. The molecule has 0 bridgehead atoms. The predicted molar refractivity (Wildman–Crippen MR) is 156 cm³/mol. The number of hydrogen-bond donors (Lipinski definition) is 1. The van der Waals surface area contributed by atoms with E-state index in [-0.39, 0.29) is 0 Å². The van der Waals surface area contributed by atoms with E-state index in [1.54, 1.807) is 30.3 Å². The summed E-state index contributed by atoms with van der Waals surface area (Å²) in [6.45, 7) is 17.0. The molecule has 0 atom stereocenters. The smallest absolute Gasteiger partial charge is 0.355 e. The molecule has 0 saturated heterocycles. The Morgan fingerprint density at radius 1 is 0.975 bits per heavy atom. The molecular formula is C34H36F5N.